The second-order valence-electron chi connectivity index (χ2n) is 15.7. The fourth-order valence-electron chi connectivity index (χ4n) is 8.02. The van der Waals surface area contributed by atoms with Crippen LogP contribution in [-0.2, 0) is 33.3 Å². The molecule has 0 saturated carbocycles. The zero-order chi connectivity index (χ0) is 37.4. The van der Waals surface area contributed by atoms with Gasteiger partial charge in [-0.2, -0.15) is 0 Å². The van der Waals surface area contributed by atoms with Gasteiger partial charge in [0.2, 0.25) is 0 Å². The van der Waals surface area contributed by atoms with E-state index in [1.165, 1.54) is 27.7 Å². The first-order valence-electron chi connectivity index (χ1n) is 17.7. The van der Waals surface area contributed by atoms with E-state index in [2.05, 4.69) is 5.32 Å². The Morgan fingerprint density at radius 2 is 1.47 bits per heavy atom. The van der Waals surface area contributed by atoms with Crippen LogP contribution in [0, 0.1) is 23.7 Å². The zero-order valence-corrected chi connectivity index (χ0v) is 31.0. The highest BCUT2D eigenvalue weighted by molar-refractivity contribution is 5.83. The number of carbonyl (C=O) groups is 2. The summed E-state index contributed by atoms with van der Waals surface area (Å²) in [4.78, 5) is 27.7. The third-order valence-electron chi connectivity index (χ3n) is 11.1. The number of nitrogens with one attached hydrogen (secondary N) is 1. The number of carbonyl (C=O) groups excluding carboxylic acids is 2. The van der Waals surface area contributed by atoms with Crippen LogP contribution >= 0.6 is 0 Å². The number of hydrogen-bond acceptors (Lipinski definition) is 14. The van der Waals surface area contributed by atoms with E-state index in [1.807, 2.05) is 6.92 Å². The Balaban J connectivity index is 2.16. The SMILES string of the molecule is CC[C@H]1OC(=O)[C@H](C)[C@@H](O[C@H]2C[C@@](C)(O)[C@@H](O)[C@H](C)O2)[C@H](C)[C@@H](O[C@@H]2O[C@H](C)C[C@H](NC)[C@H]2O)[C@](C)(O)C[C@@H](C)C(=O)[C@H](C)[C@@H](O)[C@]1(C)O. The predicted molar refractivity (Wildman–Crippen MR) is 177 cm³/mol. The van der Waals surface area contributed by atoms with Crippen molar-refractivity contribution in [1.29, 1.82) is 0 Å². The molecule has 0 aromatic heterocycles. The number of ether oxygens (including phenoxy) is 5. The van der Waals surface area contributed by atoms with Crippen molar-refractivity contribution in [3.8, 4) is 0 Å². The third kappa shape index (κ3) is 9.20. The van der Waals surface area contributed by atoms with Crippen molar-refractivity contribution in [1.82, 2.24) is 5.32 Å². The Hall–Kier alpha value is -1.30. The molecular formula is C35H63NO13. The van der Waals surface area contributed by atoms with Gasteiger partial charge >= 0.3 is 5.97 Å². The molecule has 0 aromatic rings. The lowest BCUT2D eigenvalue weighted by atomic mass is 9.74. The number of ketones is 1. The molecule has 0 aromatic carbocycles. The van der Waals surface area contributed by atoms with Crippen LogP contribution in [0.15, 0.2) is 0 Å². The van der Waals surface area contributed by atoms with Crippen LogP contribution in [0.5, 0.6) is 0 Å². The van der Waals surface area contributed by atoms with E-state index in [0.717, 1.165) is 0 Å². The van der Waals surface area contributed by atoms with Crippen LogP contribution in [0.2, 0.25) is 0 Å². The maximum Gasteiger partial charge on any atom is 0.311 e. The molecule has 0 spiro atoms. The van der Waals surface area contributed by atoms with Gasteiger partial charge in [0.25, 0.3) is 0 Å². The minimum absolute atomic E-state index is 0.117. The van der Waals surface area contributed by atoms with Crippen molar-refractivity contribution in [2.24, 2.45) is 23.7 Å². The monoisotopic (exact) mass is 705 g/mol. The zero-order valence-electron chi connectivity index (χ0n) is 31.0. The first kappa shape index (κ1) is 42.1. The summed E-state index contributed by atoms with van der Waals surface area (Å²) >= 11 is 0. The number of rotatable bonds is 6. The average Bonchev–Trinajstić information content (AvgIpc) is 3.02. The topological polar surface area (TPSA) is 214 Å². The number of Topliss-reactive ketones (excluding diaryl/α,β-unsaturated/α-hetero) is 1. The predicted octanol–water partition coefficient (Wildman–Crippen LogP) is 0.789. The Labute approximate surface area is 290 Å². The summed E-state index contributed by atoms with van der Waals surface area (Å²) in [7, 11) is 1.71. The van der Waals surface area contributed by atoms with Crippen LogP contribution in [0.1, 0.15) is 94.9 Å². The molecule has 18 atom stereocenters. The van der Waals surface area contributed by atoms with Gasteiger partial charge in [-0.15, -0.1) is 0 Å². The fourth-order valence-corrected chi connectivity index (χ4v) is 8.02. The summed E-state index contributed by atoms with van der Waals surface area (Å²) in [5.74, 6) is -5.14. The summed E-state index contributed by atoms with van der Waals surface area (Å²) in [6, 6.07) is -0.388. The van der Waals surface area contributed by atoms with Gasteiger partial charge in [-0.25, -0.2) is 0 Å². The van der Waals surface area contributed by atoms with Crippen LogP contribution in [0.4, 0.5) is 0 Å². The van der Waals surface area contributed by atoms with E-state index < -0.39 is 108 Å². The van der Waals surface area contributed by atoms with E-state index >= 15 is 0 Å². The van der Waals surface area contributed by atoms with Crippen molar-refractivity contribution in [2.45, 2.75) is 179 Å². The van der Waals surface area contributed by atoms with Crippen molar-refractivity contribution < 1.29 is 63.9 Å². The molecule has 0 unspecified atom stereocenters. The average molecular weight is 706 g/mol. The second-order valence-corrected chi connectivity index (χ2v) is 15.7. The lowest BCUT2D eigenvalue weighted by Gasteiger charge is -2.48. The van der Waals surface area contributed by atoms with Crippen LogP contribution in [-0.4, -0.2) is 134 Å². The molecule has 3 saturated heterocycles. The van der Waals surface area contributed by atoms with Crippen LogP contribution < -0.4 is 5.32 Å². The van der Waals surface area contributed by atoms with Gasteiger partial charge in [-0.3, -0.25) is 9.59 Å². The normalized spacial score (nSPS) is 51.2. The van der Waals surface area contributed by atoms with Crippen molar-refractivity contribution in [3.05, 3.63) is 0 Å². The molecule has 14 heteroatoms. The lowest BCUT2D eigenvalue weighted by Crippen LogP contribution is -2.61. The van der Waals surface area contributed by atoms with Gasteiger partial charge in [0.05, 0.1) is 47.6 Å². The van der Waals surface area contributed by atoms with Crippen molar-refractivity contribution in [3.63, 3.8) is 0 Å². The standard InChI is InChI=1S/C35H63NO13/c1-12-23-35(10,44)28(39)18(4)25(37)16(2)14-34(9,43)30(49-32-26(38)22(36-11)13-17(3)45-32)19(5)27(20(6)31(41)47-23)48-24-15-33(8,42)29(40)21(7)46-24/h16-24,26-30,32,36,38-40,42-44H,12-15H2,1-11H3/t16-,17-,18+,19+,20-,21+,22+,23-,24+,26-,27+,28-,29+,30-,32+,33-,34-,35-/m1/s1. The van der Waals surface area contributed by atoms with Gasteiger partial charge in [0.1, 0.15) is 29.7 Å². The Morgan fingerprint density at radius 1 is 0.857 bits per heavy atom. The molecule has 3 rings (SSSR count). The molecule has 3 fully saturated rings. The number of aliphatic hydroxyl groups is 6. The summed E-state index contributed by atoms with van der Waals surface area (Å²) < 4.78 is 30.8. The molecule has 49 heavy (non-hydrogen) atoms. The fraction of sp³-hybridized carbons (Fsp3) is 0.943. The lowest BCUT2D eigenvalue weighted by molar-refractivity contribution is -0.314. The van der Waals surface area contributed by atoms with E-state index in [-0.39, 0.29) is 31.4 Å². The van der Waals surface area contributed by atoms with E-state index in [0.29, 0.717) is 6.42 Å². The number of hydrogen-bond donors (Lipinski definition) is 7. The molecule has 3 heterocycles. The Kier molecular flexibility index (Phi) is 13.9. The molecule has 0 amide bonds. The highest BCUT2D eigenvalue weighted by atomic mass is 16.7. The van der Waals surface area contributed by atoms with Crippen LogP contribution in [0.25, 0.3) is 0 Å². The number of aliphatic hydroxyl groups excluding tert-OH is 3. The first-order chi connectivity index (χ1) is 22.5. The van der Waals surface area contributed by atoms with Gasteiger partial charge in [-0.1, -0.05) is 27.7 Å². The molecule has 0 bridgehead atoms. The van der Waals surface area contributed by atoms with Crippen molar-refractivity contribution >= 4 is 11.8 Å². The number of esters is 1. The molecule has 0 aliphatic carbocycles. The molecule has 14 nitrogen and oxygen atoms in total. The van der Waals surface area contributed by atoms with Gasteiger partial charge in [0.15, 0.2) is 12.6 Å². The Bertz CT molecular complexity index is 1120. The molecule has 3 aliphatic heterocycles. The molecule has 286 valence electrons. The summed E-state index contributed by atoms with van der Waals surface area (Å²) in [5.41, 5.74) is -5.42. The highest BCUT2D eigenvalue weighted by Gasteiger charge is 2.53. The minimum Gasteiger partial charge on any atom is -0.459 e. The maximum atomic E-state index is 14.0. The maximum absolute atomic E-state index is 14.0. The van der Waals surface area contributed by atoms with Crippen molar-refractivity contribution in [2.75, 3.05) is 7.05 Å². The van der Waals surface area contributed by atoms with E-state index in [4.69, 9.17) is 23.7 Å². The largest absolute Gasteiger partial charge is 0.459 e. The van der Waals surface area contributed by atoms with E-state index in [9.17, 15) is 40.2 Å². The quantitative estimate of drug-likeness (QED) is 0.191. The summed E-state index contributed by atoms with van der Waals surface area (Å²) in [6.45, 7) is 15.7. The number of likely N-dealkylation sites (N-methyl/N-ethyl adjacent to an activating group) is 1. The summed E-state index contributed by atoms with van der Waals surface area (Å²) in [6.07, 6.45) is -10.7. The first-order valence-corrected chi connectivity index (χ1v) is 17.7. The molecule has 0 radical (unpaired) electrons. The van der Waals surface area contributed by atoms with Gasteiger partial charge in [-0.05, 0) is 67.9 Å². The minimum atomic E-state index is -2.01. The Morgan fingerprint density at radius 3 is 2.02 bits per heavy atom. The second kappa shape index (κ2) is 16.2. The molecule has 3 aliphatic rings. The molecular weight excluding hydrogens is 642 g/mol. The molecule has 7 N–H and O–H groups in total. The van der Waals surface area contributed by atoms with Crippen LogP contribution in [0.3, 0.4) is 0 Å². The highest BCUT2D eigenvalue weighted by Crippen LogP contribution is 2.40. The van der Waals surface area contributed by atoms with Gasteiger partial charge in [0, 0.05) is 30.2 Å². The third-order valence-corrected chi connectivity index (χ3v) is 11.1. The smallest absolute Gasteiger partial charge is 0.311 e. The van der Waals surface area contributed by atoms with E-state index in [1.54, 1.807) is 41.7 Å². The summed E-state index contributed by atoms with van der Waals surface area (Å²) in [5, 5.41) is 70.9. The van der Waals surface area contributed by atoms with Gasteiger partial charge < -0.3 is 59.6 Å². The number of cyclic esters (lactones) is 1.